The molecule has 0 aliphatic heterocycles. The van der Waals surface area contributed by atoms with E-state index in [0.717, 1.165) is 24.2 Å². The second-order valence-corrected chi connectivity index (χ2v) is 3.80. The van der Waals surface area contributed by atoms with Crippen LogP contribution < -0.4 is 0 Å². The fraction of sp³-hybridized carbons (Fsp3) is 0.889. The van der Waals surface area contributed by atoms with E-state index in [2.05, 4.69) is 6.07 Å². The van der Waals surface area contributed by atoms with Gasteiger partial charge in [0, 0.05) is 6.42 Å². The first-order chi connectivity index (χ1) is 4.90. The van der Waals surface area contributed by atoms with Crippen molar-refractivity contribution in [3.8, 4) is 6.07 Å². The Morgan fingerprint density at radius 2 is 2.20 bits per heavy atom. The van der Waals surface area contributed by atoms with Gasteiger partial charge >= 0.3 is 0 Å². The van der Waals surface area contributed by atoms with Crippen molar-refractivity contribution < 1.29 is 0 Å². The maximum absolute atomic E-state index is 8.50. The zero-order valence-electron chi connectivity index (χ0n) is 6.21. The molecule has 0 aromatic rings. The molecule has 1 heteroatoms. The Bertz CT molecular complexity index is 168. The summed E-state index contributed by atoms with van der Waals surface area (Å²) in [5.74, 6) is 2.72. The monoisotopic (exact) mass is 135 g/mol. The van der Waals surface area contributed by atoms with E-state index in [1.165, 1.54) is 25.7 Å². The zero-order chi connectivity index (χ0) is 6.97. The van der Waals surface area contributed by atoms with E-state index < -0.39 is 0 Å². The van der Waals surface area contributed by atoms with E-state index in [9.17, 15) is 0 Å². The molecule has 0 heterocycles. The van der Waals surface area contributed by atoms with Crippen LogP contribution in [-0.4, -0.2) is 0 Å². The fourth-order valence-electron chi connectivity index (χ4n) is 2.74. The first-order valence-electron chi connectivity index (χ1n) is 4.27. The van der Waals surface area contributed by atoms with Gasteiger partial charge in [0.25, 0.3) is 0 Å². The molecule has 2 rings (SSSR count). The average molecular weight is 135 g/mol. The van der Waals surface area contributed by atoms with Gasteiger partial charge in [-0.2, -0.15) is 5.26 Å². The van der Waals surface area contributed by atoms with Crippen molar-refractivity contribution in [2.24, 2.45) is 17.8 Å². The minimum Gasteiger partial charge on any atom is -0.198 e. The van der Waals surface area contributed by atoms with Gasteiger partial charge in [0.05, 0.1) is 6.07 Å². The second kappa shape index (κ2) is 2.27. The lowest BCUT2D eigenvalue weighted by Gasteiger charge is -2.17. The molecule has 1 nitrogen and oxygen atoms in total. The van der Waals surface area contributed by atoms with Crippen molar-refractivity contribution in [1.82, 2.24) is 0 Å². The van der Waals surface area contributed by atoms with Crippen molar-refractivity contribution in [3.05, 3.63) is 0 Å². The highest BCUT2D eigenvalue weighted by atomic mass is 14.4. The molecule has 2 bridgehead atoms. The zero-order valence-corrected chi connectivity index (χ0v) is 6.21. The Hall–Kier alpha value is -0.510. The van der Waals surface area contributed by atoms with E-state index in [1.54, 1.807) is 0 Å². The second-order valence-electron chi connectivity index (χ2n) is 3.80. The Balaban J connectivity index is 1.97. The lowest BCUT2D eigenvalue weighted by Crippen LogP contribution is -2.08. The van der Waals surface area contributed by atoms with Crippen LogP contribution in [0.25, 0.3) is 0 Å². The summed E-state index contributed by atoms with van der Waals surface area (Å²) in [5, 5.41) is 8.50. The molecular formula is C9H13N. The quantitative estimate of drug-likeness (QED) is 0.541. The van der Waals surface area contributed by atoms with Gasteiger partial charge in [0.1, 0.15) is 0 Å². The molecule has 0 spiro atoms. The molecule has 54 valence electrons. The van der Waals surface area contributed by atoms with E-state index in [-0.39, 0.29) is 0 Å². The molecule has 2 aliphatic rings. The third-order valence-corrected chi connectivity index (χ3v) is 3.24. The van der Waals surface area contributed by atoms with Gasteiger partial charge < -0.3 is 0 Å². The minimum absolute atomic E-state index is 0.781. The van der Waals surface area contributed by atoms with Gasteiger partial charge in [-0.15, -0.1) is 0 Å². The van der Waals surface area contributed by atoms with Crippen LogP contribution in [0.4, 0.5) is 0 Å². The van der Waals surface area contributed by atoms with Crippen LogP contribution in [0.15, 0.2) is 0 Å². The standard InChI is InChI=1S/C9H13N/c10-4-3-9-6-7-1-2-8(9)5-7/h7-9H,1-3,5-6H2/t7-,8-,9+/m1/s1. The van der Waals surface area contributed by atoms with Gasteiger partial charge in [0.15, 0.2) is 0 Å². The molecule has 0 unspecified atom stereocenters. The van der Waals surface area contributed by atoms with E-state index in [0.29, 0.717) is 0 Å². The van der Waals surface area contributed by atoms with Crippen molar-refractivity contribution in [2.75, 3.05) is 0 Å². The molecule has 3 atom stereocenters. The van der Waals surface area contributed by atoms with E-state index in [1.807, 2.05) is 0 Å². The van der Waals surface area contributed by atoms with Crippen LogP contribution in [0.2, 0.25) is 0 Å². The molecule has 0 amide bonds. The van der Waals surface area contributed by atoms with Crippen LogP contribution >= 0.6 is 0 Å². The van der Waals surface area contributed by atoms with Crippen molar-refractivity contribution in [3.63, 3.8) is 0 Å². The van der Waals surface area contributed by atoms with Crippen molar-refractivity contribution in [2.45, 2.75) is 32.1 Å². The summed E-state index contributed by atoms with van der Waals surface area (Å²) in [5.41, 5.74) is 0. The highest BCUT2D eigenvalue weighted by molar-refractivity contribution is 4.93. The highest BCUT2D eigenvalue weighted by Crippen LogP contribution is 2.49. The minimum atomic E-state index is 0.781. The van der Waals surface area contributed by atoms with Gasteiger partial charge in [-0.1, -0.05) is 6.42 Å². The maximum atomic E-state index is 8.50. The van der Waals surface area contributed by atoms with Crippen LogP contribution in [0.5, 0.6) is 0 Å². The molecule has 0 aromatic carbocycles. The van der Waals surface area contributed by atoms with Crippen LogP contribution in [0, 0.1) is 29.1 Å². The number of nitrogens with zero attached hydrogens (tertiary/aromatic N) is 1. The SMILES string of the molecule is N#CC[C@H]1C[C@@H]2CC[C@@H]1C2. The maximum Gasteiger partial charge on any atom is 0.0624 e. The van der Waals surface area contributed by atoms with Crippen LogP contribution in [0.3, 0.4) is 0 Å². The first-order valence-corrected chi connectivity index (χ1v) is 4.27. The summed E-state index contributed by atoms with van der Waals surface area (Å²) < 4.78 is 0. The van der Waals surface area contributed by atoms with Gasteiger partial charge in [-0.25, -0.2) is 0 Å². The van der Waals surface area contributed by atoms with E-state index in [4.69, 9.17) is 5.26 Å². The summed E-state index contributed by atoms with van der Waals surface area (Å²) in [4.78, 5) is 0. The molecule has 2 aliphatic carbocycles. The predicted octanol–water partition coefficient (Wildman–Crippen LogP) is 2.34. The van der Waals surface area contributed by atoms with Gasteiger partial charge in [-0.3, -0.25) is 0 Å². The van der Waals surface area contributed by atoms with Crippen molar-refractivity contribution >= 4 is 0 Å². The van der Waals surface area contributed by atoms with E-state index >= 15 is 0 Å². The Labute approximate surface area is 62.0 Å². The predicted molar refractivity (Wildman–Crippen MR) is 39.2 cm³/mol. The lowest BCUT2D eigenvalue weighted by atomic mass is 9.87. The summed E-state index contributed by atoms with van der Waals surface area (Å²) in [6.07, 6.45) is 6.48. The summed E-state index contributed by atoms with van der Waals surface area (Å²) in [7, 11) is 0. The molecule has 2 saturated carbocycles. The fourth-order valence-corrected chi connectivity index (χ4v) is 2.74. The smallest absolute Gasteiger partial charge is 0.0624 e. The number of hydrogen-bond donors (Lipinski definition) is 0. The topological polar surface area (TPSA) is 23.8 Å². The normalized spacial score (nSPS) is 43.7. The first kappa shape index (κ1) is 6.22. The third-order valence-electron chi connectivity index (χ3n) is 3.24. The summed E-state index contributed by atoms with van der Waals surface area (Å²) in [6.45, 7) is 0. The van der Waals surface area contributed by atoms with Crippen LogP contribution in [-0.2, 0) is 0 Å². The third kappa shape index (κ3) is 0.831. The largest absolute Gasteiger partial charge is 0.198 e. The molecule has 0 radical (unpaired) electrons. The Morgan fingerprint density at radius 3 is 2.70 bits per heavy atom. The lowest BCUT2D eigenvalue weighted by molar-refractivity contribution is 0.339. The number of fused-ring (bicyclic) bond motifs is 2. The number of nitriles is 1. The van der Waals surface area contributed by atoms with Gasteiger partial charge in [0.2, 0.25) is 0 Å². The highest BCUT2D eigenvalue weighted by Gasteiger charge is 2.38. The number of hydrogen-bond acceptors (Lipinski definition) is 1. The molecule has 0 saturated heterocycles. The molecule has 2 fully saturated rings. The summed E-state index contributed by atoms with van der Waals surface area (Å²) >= 11 is 0. The number of rotatable bonds is 1. The van der Waals surface area contributed by atoms with Gasteiger partial charge in [-0.05, 0) is 37.0 Å². The molecule has 10 heavy (non-hydrogen) atoms. The molecule has 0 aromatic heterocycles. The molecular weight excluding hydrogens is 122 g/mol. The van der Waals surface area contributed by atoms with Crippen molar-refractivity contribution in [1.29, 1.82) is 5.26 Å². The molecule has 0 N–H and O–H groups in total. The Kier molecular flexibility index (Phi) is 1.41. The average Bonchev–Trinajstić information content (AvgIpc) is 2.48. The Morgan fingerprint density at radius 1 is 1.30 bits per heavy atom. The van der Waals surface area contributed by atoms with Crippen LogP contribution in [0.1, 0.15) is 32.1 Å². The summed E-state index contributed by atoms with van der Waals surface area (Å²) in [6, 6.07) is 2.29.